The number of benzene rings is 1. The number of amides is 3. The van der Waals surface area contributed by atoms with Crippen LogP contribution in [0.2, 0.25) is 0 Å². The number of aryl methyl sites for hydroxylation is 1. The van der Waals surface area contributed by atoms with Crippen molar-refractivity contribution in [3.63, 3.8) is 0 Å². The van der Waals surface area contributed by atoms with E-state index in [-0.39, 0.29) is 24.3 Å². The highest BCUT2D eigenvalue weighted by Crippen LogP contribution is 2.19. The molecule has 0 spiro atoms. The first kappa shape index (κ1) is 22.0. The van der Waals surface area contributed by atoms with Crippen molar-refractivity contribution < 1.29 is 14.0 Å². The van der Waals surface area contributed by atoms with Crippen molar-refractivity contribution in [1.82, 2.24) is 25.7 Å². The minimum atomic E-state index is -0.397. The number of aromatic nitrogens is 2. The van der Waals surface area contributed by atoms with E-state index in [0.29, 0.717) is 6.54 Å². The van der Waals surface area contributed by atoms with E-state index < -0.39 is 6.03 Å². The van der Waals surface area contributed by atoms with Crippen LogP contribution in [0.15, 0.2) is 30.3 Å². The molecule has 162 valence electrons. The van der Waals surface area contributed by atoms with Crippen LogP contribution >= 0.6 is 0 Å². The lowest BCUT2D eigenvalue weighted by Gasteiger charge is -2.23. The topological polar surface area (TPSA) is 90.1 Å². The van der Waals surface area contributed by atoms with E-state index in [1.54, 1.807) is 12.1 Å². The van der Waals surface area contributed by atoms with Gasteiger partial charge in [0.15, 0.2) is 0 Å². The summed E-state index contributed by atoms with van der Waals surface area (Å²) in [7, 11) is 1.86. The van der Waals surface area contributed by atoms with E-state index in [0.717, 1.165) is 55.5 Å². The minimum absolute atomic E-state index is 0.169. The Morgan fingerprint density at radius 3 is 2.67 bits per heavy atom. The molecule has 3 rings (SSSR count). The lowest BCUT2D eigenvalue weighted by atomic mass is 9.96. The maximum Gasteiger partial charge on any atom is 0.321 e. The summed E-state index contributed by atoms with van der Waals surface area (Å²) in [5.74, 6) is -0.570. The first-order valence-electron chi connectivity index (χ1n) is 10.6. The third kappa shape index (κ3) is 6.95. The fourth-order valence-electron chi connectivity index (χ4n) is 3.76. The molecule has 0 unspecified atom stereocenters. The molecule has 0 bridgehead atoms. The Hall–Kier alpha value is -2.74. The molecule has 3 N–H and O–H groups in total. The van der Waals surface area contributed by atoms with Crippen molar-refractivity contribution in [1.29, 1.82) is 0 Å². The van der Waals surface area contributed by atoms with Gasteiger partial charge in [-0.3, -0.25) is 20.1 Å². The second-order valence-corrected chi connectivity index (χ2v) is 7.98. The monoisotopic (exact) mass is 415 g/mol. The van der Waals surface area contributed by atoms with Gasteiger partial charge in [-0.25, -0.2) is 9.18 Å². The van der Waals surface area contributed by atoms with Gasteiger partial charge in [-0.1, -0.05) is 19.3 Å². The van der Waals surface area contributed by atoms with Gasteiger partial charge in [0.05, 0.1) is 12.2 Å². The molecule has 1 aromatic heterocycles. The molecule has 1 aliphatic rings. The fourth-order valence-corrected chi connectivity index (χ4v) is 3.76. The average molecular weight is 416 g/mol. The molecule has 0 saturated heterocycles. The summed E-state index contributed by atoms with van der Waals surface area (Å²) in [4.78, 5) is 25.9. The molecule has 7 nitrogen and oxygen atoms in total. The fraction of sp³-hybridized carbons (Fsp3) is 0.500. The first-order chi connectivity index (χ1) is 14.5. The summed E-state index contributed by atoms with van der Waals surface area (Å²) in [6, 6.07) is 7.97. The maximum atomic E-state index is 13.0. The highest BCUT2D eigenvalue weighted by atomic mass is 19.1. The molecule has 8 heteroatoms. The number of halogens is 1. The van der Waals surface area contributed by atoms with Crippen LogP contribution in [0.1, 0.15) is 44.2 Å². The molecule has 3 amide bonds. The summed E-state index contributed by atoms with van der Waals surface area (Å²) in [5.41, 5.74) is 2.62. The second-order valence-electron chi connectivity index (χ2n) is 7.98. The first-order valence-corrected chi connectivity index (χ1v) is 10.6. The predicted octanol–water partition coefficient (Wildman–Crippen LogP) is 3.24. The molecule has 1 aromatic carbocycles. The number of rotatable bonds is 8. The Morgan fingerprint density at radius 2 is 1.93 bits per heavy atom. The van der Waals surface area contributed by atoms with Gasteiger partial charge < -0.3 is 5.32 Å². The zero-order valence-electron chi connectivity index (χ0n) is 17.4. The van der Waals surface area contributed by atoms with Gasteiger partial charge in [0, 0.05) is 17.3 Å². The highest BCUT2D eigenvalue weighted by Gasteiger charge is 2.17. The summed E-state index contributed by atoms with van der Waals surface area (Å²) >= 11 is 0. The van der Waals surface area contributed by atoms with Crippen LogP contribution in [-0.2, 0) is 11.2 Å². The Morgan fingerprint density at radius 1 is 1.20 bits per heavy atom. The molecule has 1 heterocycles. The van der Waals surface area contributed by atoms with Gasteiger partial charge in [0.25, 0.3) is 0 Å². The van der Waals surface area contributed by atoms with Gasteiger partial charge in [0.2, 0.25) is 5.91 Å². The lowest BCUT2D eigenvalue weighted by molar-refractivity contribution is -0.120. The van der Waals surface area contributed by atoms with Crippen LogP contribution in [0.5, 0.6) is 0 Å². The quantitative estimate of drug-likeness (QED) is 0.617. The van der Waals surface area contributed by atoms with E-state index in [1.165, 1.54) is 18.6 Å². The molecular formula is C22H30FN5O2. The van der Waals surface area contributed by atoms with Gasteiger partial charge in [-0.2, -0.15) is 5.10 Å². The smallest absolute Gasteiger partial charge is 0.321 e. The molecule has 0 atom stereocenters. The summed E-state index contributed by atoms with van der Waals surface area (Å²) in [6.45, 7) is 0.879. The number of likely N-dealkylation sites (N-methyl/N-ethyl adjacent to an activating group) is 1. The van der Waals surface area contributed by atoms with Gasteiger partial charge >= 0.3 is 6.03 Å². The van der Waals surface area contributed by atoms with Crippen LogP contribution in [0.3, 0.4) is 0 Å². The highest BCUT2D eigenvalue weighted by molar-refractivity contribution is 5.95. The number of urea groups is 1. The Bertz CT molecular complexity index is 830. The van der Waals surface area contributed by atoms with E-state index >= 15 is 0 Å². The van der Waals surface area contributed by atoms with Gasteiger partial charge in [-0.05, 0) is 69.6 Å². The zero-order chi connectivity index (χ0) is 21.3. The van der Waals surface area contributed by atoms with Gasteiger partial charge in [-0.15, -0.1) is 0 Å². The predicted molar refractivity (Wildman–Crippen MR) is 113 cm³/mol. The Kier molecular flexibility index (Phi) is 7.96. The van der Waals surface area contributed by atoms with Crippen LogP contribution in [0, 0.1) is 5.82 Å². The normalized spacial score (nSPS) is 14.6. The largest absolute Gasteiger partial charge is 0.335 e. The Balaban J connectivity index is 1.34. The van der Waals surface area contributed by atoms with Crippen molar-refractivity contribution >= 4 is 11.9 Å². The van der Waals surface area contributed by atoms with Crippen molar-refractivity contribution in [2.24, 2.45) is 0 Å². The SMILES string of the molecule is CN(CCCc1cc(-c2ccc(F)cc2)n[nH]1)CC(=O)NC(=O)NC1CCCCC1. The summed E-state index contributed by atoms with van der Waals surface area (Å²) in [5, 5.41) is 12.6. The number of aromatic amines is 1. The molecule has 30 heavy (non-hydrogen) atoms. The number of nitrogens with one attached hydrogen (secondary N) is 3. The van der Waals surface area contributed by atoms with Crippen molar-refractivity contribution in [2.45, 2.75) is 51.0 Å². The molecule has 0 aliphatic heterocycles. The van der Waals surface area contributed by atoms with E-state index in [4.69, 9.17) is 0 Å². The Labute approximate surface area is 176 Å². The van der Waals surface area contributed by atoms with Crippen molar-refractivity contribution in [3.05, 3.63) is 41.8 Å². The third-order valence-corrected chi connectivity index (χ3v) is 5.36. The van der Waals surface area contributed by atoms with Crippen LogP contribution in [-0.4, -0.2) is 53.2 Å². The minimum Gasteiger partial charge on any atom is -0.335 e. The van der Waals surface area contributed by atoms with Crippen LogP contribution < -0.4 is 10.6 Å². The molecular weight excluding hydrogens is 385 g/mol. The van der Waals surface area contributed by atoms with E-state index in [2.05, 4.69) is 20.8 Å². The lowest BCUT2D eigenvalue weighted by Crippen LogP contribution is -2.47. The number of hydrogen-bond donors (Lipinski definition) is 3. The summed E-state index contributed by atoms with van der Waals surface area (Å²) < 4.78 is 13.0. The van der Waals surface area contributed by atoms with E-state index in [9.17, 15) is 14.0 Å². The van der Waals surface area contributed by atoms with Crippen molar-refractivity contribution in [2.75, 3.05) is 20.1 Å². The summed E-state index contributed by atoms with van der Waals surface area (Å²) in [6.07, 6.45) is 7.06. The number of imide groups is 1. The number of hydrogen-bond acceptors (Lipinski definition) is 4. The maximum absolute atomic E-state index is 13.0. The molecule has 2 aromatic rings. The number of carbonyl (C=O) groups excluding carboxylic acids is 2. The molecule has 1 fully saturated rings. The van der Waals surface area contributed by atoms with Gasteiger partial charge in [0.1, 0.15) is 5.82 Å². The second kappa shape index (κ2) is 10.9. The average Bonchev–Trinajstić information content (AvgIpc) is 3.18. The third-order valence-electron chi connectivity index (χ3n) is 5.36. The number of nitrogens with zero attached hydrogens (tertiary/aromatic N) is 2. The number of H-pyrrole nitrogens is 1. The molecule has 0 radical (unpaired) electrons. The van der Waals surface area contributed by atoms with Crippen LogP contribution in [0.4, 0.5) is 9.18 Å². The van der Waals surface area contributed by atoms with E-state index in [1.807, 2.05) is 18.0 Å². The zero-order valence-corrected chi connectivity index (χ0v) is 17.4. The molecule has 1 aliphatic carbocycles. The van der Waals surface area contributed by atoms with Crippen LogP contribution in [0.25, 0.3) is 11.3 Å². The molecule has 1 saturated carbocycles. The standard InChI is InChI=1S/C22H30FN5O2/c1-28(15-21(29)25-22(30)24-18-6-3-2-4-7-18)13-5-8-19-14-20(27-26-19)16-9-11-17(23)12-10-16/h9-12,14,18H,2-8,13,15H2,1H3,(H,26,27)(H2,24,25,29,30). The number of carbonyl (C=O) groups is 2. The van der Waals surface area contributed by atoms with Crippen molar-refractivity contribution in [3.8, 4) is 11.3 Å².